The summed E-state index contributed by atoms with van der Waals surface area (Å²) >= 11 is 0. The number of hydrogen-bond donors (Lipinski definition) is 0. The van der Waals surface area contributed by atoms with Gasteiger partial charge >= 0.3 is 0 Å². The van der Waals surface area contributed by atoms with Gasteiger partial charge in [-0.1, -0.05) is 12.5 Å². The van der Waals surface area contributed by atoms with Crippen LogP contribution in [0.1, 0.15) is 48.5 Å². The third kappa shape index (κ3) is 4.33. The van der Waals surface area contributed by atoms with Crippen molar-refractivity contribution in [2.24, 2.45) is 0 Å². The molecule has 9 heteroatoms. The summed E-state index contributed by atoms with van der Waals surface area (Å²) in [7, 11) is -7.02. The molecule has 0 bridgehead atoms. The average molecular weight is 477 g/mol. The summed E-state index contributed by atoms with van der Waals surface area (Å²) in [5.74, 6) is -0.290. The largest absolute Gasteiger partial charge is 0.308 e. The zero-order chi connectivity index (χ0) is 23.1. The number of nitrogens with zero attached hydrogens (tertiary/aromatic N) is 2. The summed E-state index contributed by atoms with van der Waals surface area (Å²) in [6.45, 7) is 2.90. The van der Waals surface area contributed by atoms with Crippen LogP contribution in [0.3, 0.4) is 0 Å². The molecule has 2 aliphatic heterocycles. The molecule has 2 heterocycles. The maximum absolute atomic E-state index is 13.4. The van der Waals surface area contributed by atoms with E-state index >= 15 is 0 Å². The number of carbonyl (C=O) groups excluding carboxylic acids is 1. The minimum atomic E-state index is -3.68. The highest BCUT2D eigenvalue weighted by atomic mass is 32.2. The number of amides is 1. The molecule has 1 saturated heterocycles. The van der Waals surface area contributed by atoms with E-state index in [0.29, 0.717) is 37.2 Å². The second-order valence-corrected chi connectivity index (χ2v) is 12.5. The molecule has 172 valence electrons. The van der Waals surface area contributed by atoms with Gasteiger partial charge < -0.3 is 4.90 Å². The van der Waals surface area contributed by atoms with E-state index in [1.165, 1.54) is 22.5 Å². The number of rotatable bonds is 4. The Hall–Kier alpha value is -2.23. The third-order valence-corrected chi connectivity index (χ3v) is 9.39. The number of carbonyl (C=O) groups is 1. The van der Waals surface area contributed by atoms with Gasteiger partial charge in [0.15, 0.2) is 9.84 Å². The first-order valence-corrected chi connectivity index (χ1v) is 14.2. The van der Waals surface area contributed by atoms with E-state index in [1.807, 2.05) is 6.92 Å². The van der Waals surface area contributed by atoms with Crippen LogP contribution in [-0.4, -0.2) is 52.4 Å². The number of benzene rings is 2. The highest BCUT2D eigenvalue weighted by molar-refractivity contribution is 7.90. The Bertz CT molecular complexity index is 1250. The predicted octanol–water partition coefficient (Wildman–Crippen LogP) is 3.25. The molecule has 1 amide bonds. The zero-order valence-corrected chi connectivity index (χ0v) is 20.0. The number of sulfonamides is 1. The van der Waals surface area contributed by atoms with E-state index in [0.717, 1.165) is 31.1 Å². The Morgan fingerprint density at radius 3 is 2.44 bits per heavy atom. The molecule has 0 spiro atoms. The summed E-state index contributed by atoms with van der Waals surface area (Å²) in [5, 5.41) is 0. The lowest BCUT2D eigenvalue weighted by Crippen LogP contribution is -2.42. The fraction of sp³-hybridized carbons (Fsp3) is 0.435. The van der Waals surface area contributed by atoms with Crippen molar-refractivity contribution in [1.82, 2.24) is 4.31 Å². The minimum Gasteiger partial charge on any atom is -0.308 e. The van der Waals surface area contributed by atoms with Gasteiger partial charge in [-0.15, -0.1) is 0 Å². The van der Waals surface area contributed by atoms with Crippen LogP contribution in [0.2, 0.25) is 0 Å². The van der Waals surface area contributed by atoms with Gasteiger partial charge in [-0.2, -0.15) is 4.31 Å². The molecule has 32 heavy (non-hydrogen) atoms. The number of anilines is 1. The summed E-state index contributed by atoms with van der Waals surface area (Å²) in [5.41, 5.74) is 1.78. The van der Waals surface area contributed by atoms with Gasteiger partial charge in [-0.05, 0) is 74.6 Å². The van der Waals surface area contributed by atoms with Crippen molar-refractivity contribution in [3.63, 3.8) is 0 Å². The molecular formula is C23H28N2O5S2. The van der Waals surface area contributed by atoms with Crippen LogP contribution < -0.4 is 4.90 Å². The van der Waals surface area contributed by atoms with E-state index in [9.17, 15) is 21.6 Å². The van der Waals surface area contributed by atoms with E-state index < -0.39 is 19.9 Å². The van der Waals surface area contributed by atoms with E-state index in [1.54, 1.807) is 29.2 Å². The lowest BCUT2D eigenvalue weighted by atomic mass is 10.0. The van der Waals surface area contributed by atoms with Gasteiger partial charge in [-0.25, -0.2) is 16.8 Å². The predicted molar refractivity (Wildman–Crippen MR) is 123 cm³/mol. The van der Waals surface area contributed by atoms with Crippen molar-refractivity contribution in [2.75, 3.05) is 24.2 Å². The zero-order valence-electron chi connectivity index (χ0n) is 18.3. The number of aryl methyl sites for hydroxylation is 1. The highest BCUT2D eigenvalue weighted by Crippen LogP contribution is 2.31. The van der Waals surface area contributed by atoms with Crippen LogP contribution in [0.4, 0.5) is 5.69 Å². The standard InChI is InChI=1S/C23H28N2O5S2/c1-17-7-3-4-14-25(17)32(29,30)21-10-5-8-19(16-21)23(26)24-13-6-9-18-15-20(31(2,27)28)11-12-22(18)24/h5,8,10-12,15-17H,3-4,6-7,9,13-14H2,1-2H3. The minimum absolute atomic E-state index is 0.0638. The fourth-order valence-corrected chi connectivity index (χ4v) is 6.94. The maximum atomic E-state index is 13.4. The van der Waals surface area contributed by atoms with Crippen molar-refractivity contribution in [1.29, 1.82) is 0 Å². The lowest BCUT2D eigenvalue weighted by Gasteiger charge is -2.32. The quantitative estimate of drug-likeness (QED) is 0.676. The molecule has 2 aromatic rings. The van der Waals surface area contributed by atoms with Gasteiger partial charge in [0.05, 0.1) is 9.79 Å². The van der Waals surface area contributed by atoms with Gasteiger partial charge in [0.25, 0.3) is 5.91 Å². The van der Waals surface area contributed by atoms with Crippen LogP contribution in [0.5, 0.6) is 0 Å². The van der Waals surface area contributed by atoms with E-state index in [2.05, 4.69) is 0 Å². The highest BCUT2D eigenvalue weighted by Gasteiger charge is 2.32. The third-order valence-electron chi connectivity index (χ3n) is 6.27. The van der Waals surface area contributed by atoms with E-state index in [-0.39, 0.29) is 21.7 Å². The van der Waals surface area contributed by atoms with Gasteiger partial charge in [0, 0.05) is 36.6 Å². The fourth-order valence-electron chi connectivity index (χ4n) is 4.52. The first-order chi connectivity index (χ1) is 15.1. The van der Waals surface area contributed by atoms with Crippen molar-refractivity contribution < 1.29 is 21.6 Å². The average Bonchev–Trinajstić information content (AvgIpc) is 2.77. The molecule has 4 rings (SSSR count). The van der Waals surface area contributed by atoms with Gasteiger partial charge in [0.1, 0.15) is 0 Å². The SMILES string of the molecule is CC1CCCCN1S(=O)(=O)c1cccc(C(=O)N2CCCc3cc(S(C)(=O)=O)ccc32)c1. The monoisotopic (exact) mass is 476 g/mol. The Balaban J connectivity index is 1.66. The molecule has 0 aliphatic carbocycles. The van der Waals surface area contributed by atoms with Crippen molar-refractivity contribution in [2.45, 2.75) is 54.9 Å². The molecule has 7 nitrogen and oxygen atoms in total. The van der Waals surface area contributed by atoms with Crippen LogP contribution >= 0.6 is 0 Å². The molecule has 1 fully saturated rings. The van der Waals surface area contributed by atoms with Crippen molar-refractivity contribution >= 4 is 31.5 Å². The molecule has 0 saturated carbocycles. The summed E-state index contributed by atoms with van der Waals surface area (Å²) in [4.78, 5) is 15.3. The summed E-state index contributed by atoms with van der Waals surface area (Å²) in [6.07, 6.45) is 5.23. The number of hydrogen-bond acceptors (Lipinski definition) is 5. The maximum Gasteiger partial charge on any atom is 0.258 e. The molecular weight excluding hydrogens is 448 g/mol. The first-order valence-electron chi connectivity index (χ1n) is 10.9. The smallest absolute Gasteiger partial charge is 0.258 e. The topological polar surface area (TPSA) is 91.8 Å². The normalized spacial score (nSPS) is 20.1. The number of fused-ring (bicyclic) bond motifs is 1. The first kappa shape index (κ1) is 22.9. The summed E-state index contributed by atoms with van der Waals surface area (Å²) in [6, 6.07) is 11.0. The summed E-state index contributed by atoms with van der Waals surface area (Å²) < 4.78 is 51.8. The van der Waals surface area contributed by atoms with Crippen LogP contribution in [0.25, 0.3) is 0 Å². The lowest BCUT2D eigenvalue weighted by molar-refractivity contribution is 0.0985. The Morgan fingerprint density at radius 1 is 0.938 bits per heavy atom. The van der Waals surface area contributed by atoms with E-state index in [4.69, 9.17) is 0 Å². The second-order valence-electron chi connectivity index (χ2n) is 8.61. The molecule has 0 N–H and O–H groups in total. The molecule has 1 unspecified atom stereocenters. The van der Waals surface area contributed by atoms with Crippen molar-refractivity contribution in [3.05, 3.63) is 53.6 Å². The van der Waals surface area contributed by atoms with Crippen molar-refractivity contribution in [3.8, 4) is 0 Å². The van der Waals surface area contributed by atoms with Crippen LogP contribution in [-0.2, 0) is 26.3 Å². The Morgan fingerprint density at radius 2 is 1.72 bits per heavy atom. The molecule has 2 aromatic carbocycles. The molecule has 0 radical (unpaired) electrons. The number of sulfone groups is 1. The Kier molecular flexibility index (Phi) is 6.17. The van der Waals surface area contributed by atoms with Gasteiger partial charge in [0.2, 0.25) is 10.0 Å². The second kappa shape index (κ2) is 8.61. The molecule has 0 aromatic heterocycles. The molecule has 2 aliphatic rings. The molecule has 1 atom stereocenters. The Labute approximate surface area is 190 Å². The van der Waals surface area contributed by atoms with Crippen LogP contribution in [0, 0.1) is 0 Å². The van der Waals surface area contributed by atoms with Crippen LogP contribution in [0.15, 0.2) is 52.3 Å². The van der Waals surface area contributed by atoms with Gasteiger partial charge in [-0.3, -0.25) is 4.79 Å². The number of piperidine rings is 1.